The van der Waals surface area contributed by atoms with Gasteiger partial charge in [-0.3, -0.25) is 4.98 Å². The van der Waals surface area contributed by atoms with Gasteiger partial charge in [-0.2, -0.15) is 0 Å². The Morgan fingerprint density at radius 2 is 2.29 bits per heavy atom. The summed E-state index contributed by atoms with van der Waals surface area (Å²) in [5.41, 5.74) is 2.22. The van der Waals surface area contributed by atoms with E-state index in [2.05, 4.69) is 16.4 Å². The number of aromatic nitrogens is 1. The maximum absolute atomic E-state index is 8.81. The van der Waals surface area contributed by atoms with E-state index in [9.17, 15) is 0 Å². The predicted molar refractivity (Wildman–Crippen MR) is 56.9 cm³/mol. The summed E-state index contributed by atoms with van der Waals surface area (Å²) < 4.78 is 0. The summed E-state index contributed by atoms with van der Waals surface area (Å²) in [4.78, 5) is 4.28. The van der Waals surface area contributed by atoms with Crippen LogP contribution in [0.3, 0.4) is 0 Å². The molecule has 3 heteroatoms. The fourth-order valence-corrected chi connectivity index (χ4v) is 1.11. The van der Waals surface area contributed by atoms with Crippen LogP contribution in [0.4, 0.5) is 0 Å². The molecule has 0 amide bonds. The predicted octanol–water partition coefficient (Wildman–Crippen LogP) is 1.11. The van der Waals surface area contributed by atoms with E-state index in [1.807, 2.05) is 26.1 Å². The first-order chi connectivity index (χ1) is 6.72. The van der Waals surface area contributed by atoms with Crippen molar-refractivity contribution in [3.05, 3.63) is 29.6 Å². The molecule has 0 aliphatic carbocycles. The number of hydrogen-bond acceptors (Lipinski definition) is 3. The van der Waals surface area contributed by atoms with Crippen molar-refractivity contribution < 1.29 is 5.11 Å². The maximum atomic E-state index is 8.81. The lowest BCUT2D eigenvalue weighted by molar-refractivity contribution is 0.233. The van der Waals surface area contributed by atoms with E-state index in [0.717, 1.165) is 18.8 Å². The van der Waals surface area contributed by atoms with E-state index in [-0.39, 0.29) is 6.61 Å². The minimum atomic E-state index is 0.230. The molecule has 0 aromatic carbocycles. The van der Waals surface area contributed by atoms with E-state index >= 15 is 0 Å². The summed E-state index contributed by atoms with van der Waals surface area (Å²) in [7, 11) is 0. The number of aliphatic hydroxyl groups excluding tert-OH is 1. The Balaban J connectivity index is 2.28. The number of aliphatic hydroxyl groups is 1. The van der Waals surface area contributed by atoms with E-state index in [1.165, 1.54) is 5.56 Å². The Hall–Kier alpha value is -0.930. The van der Waals surface area contributed by atoms with Crippen LogP contribution in [0.5, 0.6) is 0 Å². The van der Waals surface area contributed by atoms with Gasteiger partial charge in [-0.05, 0) is 24.5 Å². The Morgan fingerprint density at radius 1 is 1.50 bits per heavy atom. The molecule has 0 bridgehead atoms. The van der Waals surface area contributed by atoms with Crippen LogP contribution in [-0.2, 0) is 6.54 Å². The van der Waals surface area contributed by atoms with Crippen molar-refractivity contribution in [1.82, 2.24) is 10.3 Å². The normalized spacial score (nSPS) is 12.8. The number of hydrogen-bond donors (Lipinski definition) is 2. The second-order valence-corrected chi connectivity index (χ2v) is 3.75. The zero-order chi connectivity index (χ0) is 10.4. The number of aryl methyl sites for hydroxylation is 1. The van der Waals surface area contributed by atoms with Crippen LogP contribution >= 0.6 is 0 Å². The number of nitrogens with zero attached hydrogens (tertiary/aromatic N) is 1. The average molecular weight is 194 g/mol. The summed E-state index contributed by atoms with van der Waals surface area (Å²) in [6, 6.07) is 4.07. The molecule has 1 aromatic heterocycles. The Labute approximate surface area is 85.2 Å². The van der Waals surface area contributed by atoms with Gasteiger partial charge in [0.2, 0.25) is 0 Å². The molecule has 2 N–H and O–H groups in total. The first-order valence-electron chi connectivity index (χ1n) is 4.95. The van der Waals surface area contributed by atoms with Crippen LogP contribution in [0.25, 0.3) is 0 Å². The summed E-state index contributed by atoms with van der Waals surface area (Å²) in [6.07, 6.45) is 1.87. The minimum Gasteiger partial charge on any atom is -0.396 e. The molecule has 3 nitrogen and oxygen atoms in total. The van der Waals surface area contributed by atoms with Crippen molar-refractivity contribution in [3.63, 3.8) is 0 Å². The standard InChI is InChI=1S/C11H18N2O/c1-9-3-4-11(13-6-9)7-12-5-10(2)8-14/h3-4,6,10,12,14H,5,7-8H2,1-2H3. The fraction of sp³-hybridized carbons (Fsp3) is 0.545. The van der Waals surface area contributed by atoms with Gasteiger partial charge in [-0.25, -0.2) is 0 Å². The second-order valence-electron chi connectivity index (χ2n) is 3.75. The van der Waals surface area contributed by atoms with Crippen LogP contribution in [0.15, 0.2) is 18.3 Å². The van der Waals surface area contributed by atoms with Crippen molar-refractivity contribution in [1.29, 1.82) is 0 Å². The van der Waals surface area contributed by atoms with E-state index in [1.54, 1.807) is 0 Å². The zero-order valence-corrected chi connectivity index (χ0v) is 8.83. The van der Waals surface area contributed by atoms with Crippen molar-refractivity contribution in [2.45, 2.75) is 20.4 Å². The lowest BCUT2D eigenvalue weighted by Crippen LogP contribution is -2.23. The number of nitrogens with one attached hydrogen (secondary N) is 1. The zero-order valence-electron chi connectivity index (χ0n) is 8.83. The van der Waals surface area contributed by atoms with Crippen molar-refractivity contribution >= 4 is 0 Å². The Kier molecular flexibility index (Phi) is 4.56. The molecule has 1 atom stereocenters. The lowest BCUT2D eigenvalue weighted by atomic mass is 10.2. The maximum Gasteiger partial charge on any atom is 0.0541 e. The SMILES string of the molecule is Cc1ccc(CNCC(C)CO)nc1. The molecule has 1 aromatic rings. The van der Waals surface area contributed by atoms with Crippen LogP contribution in [-0.4, -0.2) is 23.2 Å². The molecule has 1 heterocycles. The van der Waals surface area contributed by atoms with E-state index in [0.29, 0.717) is 5.92 Å². The third-order valence-corrected chi connectivity index (χ3v) is 2.08. The third kappa shape index (κ3) is 3.85. The number of rotatable bonds is 5. The largest absolute Gasteiger partial charge is 0.396 e. The fourth-order valence-electron chi connectivity index (χ4n) is 1.11. The highest BCUT2D eigenvalue weighted by atomic mass is 16.3. The third-order valence-electron chi connectivity index (χ3n) is 2.08. The highest BCUT2D eigenvalue weighted by Crippen LogP contribution is 1.98. The van der Waals surface area contributed by atoms with Gasteiger partial charge in [0.1, 0.15) is 0 Å². The molecule has 0 aliphatic heterocycles. The molecule has 0 saturated carbocycles. The lowest BCUT2D eigenvalue weighted by Gasteiger charge is -2.08. The molecule has 0 radical (unpaired) electrons. The van der Waals surface area contributed by atoms with Crippen molar-refractivity contribution in [2.75, 3.05) is 13.2 Å². The molecule has 1 unspecified atom stereocenters. The number of pyridine rings is 1. The van der Waals surface area contributed by atoms with Gasteiger partial charge in [0.25, 0.3) is 0 Å². The van der Waals surface area contributed by atoms with Crippen molar-refractivity contribution in [3.8, 4) is 0 Å². The molecular weight excluding hydrogens is 176 g/mol. The minimum absolute atomic E-state index is 0.230. The highest BCUT2D eigenvalue weighted by molar-refractivity contribution is 5.11. The molecule has 0 spiro atoms. The topological polar surface area (TPSA) is 45.1 Å². The van der Waals surface area contributed by atoms with Crippen LogP contribution in [0, 0.1) is 12.8 Å². The molecule has 14 heavy (non-hydrogen) atoms. The Bertz CT molecular complexity index is 258. The molecule has 78 valence electrons. The quantitative estimate of drug-likeness (QED) is 0.738. The van der Waals surface area contributed by atoms with Crippen LogP contribution in [0.2, 0.25) is 0 Å². The van der Waals surface area contributed by atoms with E-state index in [4.69, 9.17) is 5.11 Å². The van der Waals surface area contributed by atoms with Crippen LogP contribution in [0.1, 0.15) is 18.2 Å². The molecule has 0 saturated heterocycles. The molecule has 1 rings (SSSR count). The Morgan fingerprint density at radius 3 is 2.86 bits per heavy atom. The average Bonchev–Trinajstić information content (AvgIpc) is 2.21. The monoisotopic (exact) mass is 194 g/mol. The van der Waals surface area contributed by atoms with Gasteiger partial charge in [0.15, 0.2) is 0 Å². The van der Waals surface area contributed by atoms with Crippen molar-refractivity contribution in [2.24, 2.45) is 5.92 Å². The van der Waals surface area contributed by atoms with Gasteiger partial charge in [-0.15, -0.1) is 0 Å². The van der Waals surface area contributed by atoms with Crippen LogP contribution < -0.4 is 5.32 Å². The van der Waals surface area contributed by atoms with Gasteiger partial charge in [0, 0.05) is 25.9 Å². The molecular formula is C11H18N2O. The summed E-state index contributed by atoms with van der Waals surface area (Å²) in [5, 5.41) is 12.1. The van der Waals surface area contributed by atoms with Gasteiger partial charge >= 0.3 is 0 Å². The molecule has 0 aliphatic rings. The highest BCUT2D eigenvalue weighted by Gasteiger charge is 1.99. The summed E-state index contributed by atoms with van der Waals surface area (Å²) >= 11 is 0. The summed E-state index contributed by atoms with van der Waals surface area (Å²) in [5.74, 6) is 0.306. The smallest absolute Gasteiger partial charge is 0.0541 e. The van der Waals surface area contributed by atoms with Gasteiger partial charge in [0.05, 0.1) is 5.69 Å². The first-order valence-corrected chi connectivity index (χ1v) is 4.95. The second kappa shape index (κ2) is 5.73. The first kappa shape index (κ1) is 11.1. The molecule has 0 fully saturated rings. The summed E-state index contributed by atoms with van der Waals surface area (Å²) in [6.45, 7) is 5.86. The van der Waals surface area contributed by atoms with Gasteiger partial charge < -0.3 is 10.4 Å². The van der Waals surface area contributed by atoms with E-state index < -0.39 is 0 Å². The van der Waals surface area contributed by atoms with Gasteiger partial charge in [-0.1, -0.05) is 13.0 Å².